The van der Waals surface area contributed by atoms with Gasteiger partial charge in [0.25, 0.3) is 0 Å². The van der Waals surface area contributed by atoms with Crippen LogP contribution in [0.1, 0.15) is 43.2 Å². The van der Waals surface area contributed by atoms with E-state index in [1.165, 1.54) is 41.9 Å². The maximum absolute atomic E-state index is 3.69. The minimum absolute atomic E-state index is 0.685. The molecule has 1 nitrogen and oxygen atoms in total. The normalized spacial score (nSPS) is 16.8. The van der Waals surface area contributed by atoms with Crippen LogP contribution in [0.5, 0.6) is 0 Å². The van der Waals surface area contributed by atoms with Gasteiger partial charge >= 0.3 is 0 Å². The number of rotatable bonds is 8. The fraction of sp³-hybridized carbons (Fsp3) is 0.625. The SMILES string of the molecule is CCSCCC(CNC1CC1)c1ccc(C)cc1. The Morgan fingerprint density at radius 3 is 2.61 bits per heavy atom. The average Bonchev–Trinajstić information content (AvgIpc) is 3.19. The molecule has 1 fully saturated rings. The van der Waals surface area contributed by atoms with Gasteiger partial charge in [-0.25, -0.2) is 0 Å². The topological polar surface area (TPSA) is 12.0 Å². The van der Waals surface area contributed by atoms with Crippen molar-refractivity contribution >= 4 is 11.8 Å². The molecule has 100 valence electrons. The van der Waals surface area contributed by atoms with Gasteiger partial charge in [-0.3, -0.25) is 0 Å². The Morgan fingerprint density at radius 2 is 2.00 bits per heavy atom. The largest absolute Gasteiger partial charge is 0.313 e. The summed E-state index contributed by atoms with van der Waals surface area (Å²) in [6.07, 6.45) is 4.05. The van der Waals surface area contributed by atoms with E-state index in [0.29, 0.717) is 5.92 Å². The molecule has 2 heteroatoms. The molecule has 0 radical (unpaired) electrons. The van der Waals surface area contributed by atoms with Crippen LogP contribution < -0.4 is 5.32 Å². The van der Waals surface area contributed by atoms with Crippen LogP contribution in [0.15, 0.2) is 24.3 Å². The van der Waals surface area contributed by atoms with E-state index in [2.05, 4.69) is 55.2 Å². The summed E-state index contributed by atoms with van der Waals surface area (Å²) in [6, 6.07) is 9.92. The maximum atomic E-state index is 3.69. The summed E-state index contributed by atoms with van der Waals surface area (Å²) in [7, 11) is 0. The molecular formula is C16H25NS. The number of thioether (sulfide) groups is 1. The van der Waals surface area contributed by atoms with Gasteiger partial charge < -0.3 is 5.32 Å². The maximum Gasteiger partial charge on any atom is 0.00684 e. The lowest BCUT2D eigenvalue weighted by molar-refractivity contribution is 0.570. The fourth-order valence-corrected chi connectivity index (χ4v) is 2.93. The van der Waals surface area contributed by atoms with Gasteiger partial charge in [-0.05, 0) is 49.2 Å². The van der Waals surface area contributed by atoms with Crippen LogP contribution in [-0.4, -0.2) is 24.1 Å². The number of hydrogen-bond donors (Lipinski definition) is 1. The third kappa shape index (κ3) is 4.66. The van der Waals surface area contributed by atoms with E-state index in [4.69, 9.17) is 0 Å². The van der Waals surface area contributed by atoms with Crippen LogP contribution >= 0.6 is 11.8 Å². The molecule has 1 unspecified atom stereocenters. The summed E-state index contributed by atoms with van der Waals surface area (Å²) >= 11 is 2.06. The second kappa shape index (κ2) is 7.20. The van der Waals surface area contributed by atoms with Gasteiger partial charge in [0.2, 0.25) is 0 Å². The highest BCUT2D eigenvalue weighted by molar-refractivity contribution is 7.99. The predicted molar refractivity (Wildman–Crippen MR) is 82.6 cm³/mol. The van der Waals surface area contributed by atoms with Crippen molar-refractivity contribution in [3.63, 3.8) is 0 Å². The number of benzene rings is 1. The Labute approximate surface area is 116 Å². The van der Waals surface area contributed by atoms with Crippen molar-refractivity contribution in [3.05, 3.63) is 35.4 Å². The van der Waals surface area contributed by atoms with E-state index in [1.807, 2.05) is 0 Å². The van der Waals surface area contributed by atoms with Crippen LogP contribution in [0.3, 0.4) is 0 Å². The summed E-state index contributed by atoms with van der Waals surface area (Å²) in [5.74, 6) is 3.20. The standard InChI is InChI=1S/C16H25NS/c1-3-18-11-10-15(12-17-16-8-9-16)14-6-4-13(2)5-7-14/h4-7,15-17H,3,8-12H2,1-2H3. The summed E-state index contributed by atoms with van der Waals surface area (Å²) in [5, 5.41) is 3.69. The first kappa shape index (κ1) is 14.0. The molecule has 1 aromatic rings. The first-order valence-electron chi connectivity index (χ1n) is 7.17. The highest BCUT2D eigenvalue weighted by atomic mass is 32.2. The van der Waals surface area contributed by atoms with Crippen LogP contribution in [0.25, 0.3) is 0 Å². The van der Waals surface area contributed by atoms with Crippen molar-refractivity contribution in [2.24, 2.45) is 0 Å². The zero-order valence-electron chi connectivity index (χ0n) is 11.6. The molecule has 1 aromatic carbocycles. The molecular weight excluding hydrogens is 238 g/mol. The van der Waals surface area contributed by atoms with Crippen molar-refractivity contribution in [2.75, 3.05) is 18.1 Å². The second-order valence-corrected chi connectivity index (χ2v) is 6.67. The molecule has 1 atom stereocenters. The minimum atomic E-state index is 0.685. The summed E-state index contributed by atoms with van der Waals surface area (Å²) in [6.45, 7) is 5.56. The molecule has 1 aliphatic rings. The van der Waals surface area contributed by atoms with Crippen molar-refractivity contribution < 1.29 is 0 Å². The number of nitrogens with one attached hydrogen (secondary N) is 1. The minimum Gasteiger partial charge on any atom is -0.313 e. The Kier molecular flexibility index (Phi) is 5.58. The fourth-order valence-electron chi connectivity index (χ4n) is 2.19. The van der Waals surface area contributed by atoms with Gasteiger partial charge in [-0.2, -0.15) is 11.8 Å². The highest BCUT2D eigenvalue weighted by Gasteiger charge is 2.22. The Balaban J connectivity index is 1.90. The van der Waals surface area contributed by atoms with Crippen LogP contribution in [0.4, 0.5) is 0 Å². The lowest BCUT2D eigenvalue weighted by Crippen LogP contribution is -2.24. The molecule has 1 saturated carbocycles. The van der Waals surface area contributed by atoms with Crippen molar-refractivity contribution in [3.8, 4) is 0 Å². The highest BCUT2D eigenvalue weighted by Crippen LogP contribution is 2.24. The number of aryl methyl sites for hydroxylation is 1. The van der Waals surface area contributed by atoms with E-state index >= 15 is 0 Å². The van der Waals surface area contributed by atoms with E-state index in [0.717, 1.165) is 12.6 Å². The summed E-state index contributed by atoms with van der Waals surface area (Å²) < 4.78 is 0. The molecule has 0 saturated heterocycles. The van der Waals surface area contributed by atoms with Gasteiger partial charge in [-0.15, -0.1) is 0 Å². The summed E-state index contributed by atoms with van der Waals surface area (Å²) in [5.41, 5.74) is 2.86. The zero-order chi connectivity index (χ0) is 12.8. The van der Waals surface area contributed by atoms with Crippen molar-refractivity contribution in [1.29, 1.82) is 0 Å². The first-order valence-corrected chi connectivity index (χ1v) is 8.32. The van der Waals surface area contributed by atoms with Crippen LogP contribution in [0, 0.1) is 6.92 Å². The molecule has 2 rings (SSSR count). The van der Waals surface area contributed by atoms with Gasteiger partial charge in [0.1, 0.15) is 0 Å². The molecule has 0 aliphatic heterocycles. The molecule has 0 bridgehead atoms. The smallest absolute Gasteiger partial charge is 0.00684 e. The van der Waals surface area contributed by atoms with Crippen LogP contribution in [0.2, 0.25) is 0 Å². The predicted octanol–water partition coefficient (Wildman–Crippen LogP) is 3.97. The molecule has 0 aromatic heterocycles. The van der Waals surface area contributed by atoms with Crippen molar-refractivity contribution in [1.82, 2.24) is 5.32 Å². The molecule has 18 heavy (non-hydrogen) atoms. The summed E-state index contributed by atoms with van der Waals surface area (Å²) in [4.78, 5) is 0. The van der Waals surface area contributed by atoms with Gasteiger partial charge in [0.15, 0.2) is 0 Å². The average molecular weight is 263 g/mol. The Hall–Kier alpha value is -0.470. The second-order valence-electron chi connectivity index (χ2n) is 5.28. The molecule has 0 heterocycles. The third-order valence-corrected chi connectivity index (χ3v) is 4.53. The van der Waals surface area contributed by atoms with E-state index in [-0.39, 0.29) is 0 Å². The lowest BCUT2D eigenvalue weighted by Gasteiger charge is -2.18. The van der Waals surface area contributed by atoms with Crippen LogP contribution in [-0.2, 0) is 0 Å². The molecule has 0 spiro atoms. The number of hydrogen-bond acceptors (Lipinski definition) is 2. The zero-order valence-corrected chi connectivity index (χ0v) is 12.4. The first-order chi connectivity index (χ1) is 8.79. The van der Waals surface area contributed by atoms with Gasteiger partial charge in [0.05, 0.1) is 0 Å². The molecule has 1 aliphatic carbocycles. The lowest BCUT2D eigenvalue weighted by atomic mass is 9.95. The van der Waals surface area contributed by atoms with Gasteiger partial charge in [0, 0.05) is 12.6 Å². The monoisotopic (exact) mass is 263 g/mol. The van der Waals surface area contributed by atoms with E-state index < -0.39 is 0 Å². The molecule has 1 N–H and O–H groups in total. The van der Waals surface area contributed by atoms with E-state index in [9.17, 15) is 0 Å². The molecule has 0 amide bonds. The quantitative estimate of drug-likeness (QED) is 0.712. The Morgan fingerprint density at radius 1 is 1.28 bits per heavy atom. The Bertz CT molecular complexity index is 343. The van der Waals surface area contributed by atoms with Gasteiger partial charge in [-0.1, -0.05) is 36.8 Å². The third-order valence-electron chi connectivity index (χ3n) is 3.59. The van der Waals surface area contributed by atoms with Crippen molar-refractivity contribution in [2.45, 2.75) is 45.1 Å². The van der Waals surface area contributed by atoms with E-state index in [1.54, 1.807) is 0 Å².